The molecule has 0 radical (unpaired) electrons. The fourth-order valence-electron chi connectivity index (χ4n) is 0.855. The number of alkyl halides is 3. The van der Waals surface area contributed by atoms with Crippen LogP contribution in [0.3, 0.4) is 0 Å². The number of rotatable bonds is 2. The lowest BCUT2D eigenvalue weighted by molar-refractivity contribution is 0.150. The van der Waals surface area contributed by atoms with Gasteiger partial charge in [0.05, 0.1) is 5.02 Å². The average molecular weight is 291 g/mol. The van der Waals surface area contributed by atoms with Gasteiger partial charge in [-0.25, -0.2) is 13.8 Å². The summed E-state index contributed by atoms with van der Waals surface area (Å²) in [4.78, 5) is 3.66. The Morgan fingerprint density at radius 1 is 1.46 bits per heavy atom. The van der Waals surface area contributed by atoms with Gasteiger partial charge in [0.1, 0.15) is 5.15 Å². The summed E-state index contributed by atoms with van der Waals surface area (Å²) in [6.07, 6.45) is -1.36. The topological polar surface area (TPSA) is 12.9 Å². The monoisotopic (exact) mass is 289 g/mol. The summed E-state index contributed by atoms with van der Waals surface area (Å²) in [5, 5.41) is 0.00611. The summed E-state index contributed by atoms with van der Waals surface area (Å²) in [6, 6.07) is 0. The average Bonchev–Trinajstić information content (AvgIpc) is 2.08. The molecule has 0 fully saturated rings. The van der Waals surface area contributed by atoms with E-state index in [4.69, 9.17) is 23.2 Å². The summed E-state index contributed by atoms with van der Waals surface area (Å²) in [6.45, 7) is 0. The molecule has 0 unspecified atom stereocenters. The van der Waals surface area contributed by atoms with Crippen LogP contribution in [-0.2, 0) is 5.33 Å². The molecule has 6 heteroatoms. The fourth-order valence-corrected chi connectivity index (χ4v) is 1.71. The van der Waals surface area contributed by atoms with Gasteiger partial charge in [0.2, 0.25) is 0 Å². The highest BCUT2D eigenvalue weighted by atomic mass is 79.9. The minimum Gasteiger partial charge on any atom is -0.243 e. The summed E-state index contributed by atoms with van der Waals surface area (Å²) < 4.78 is 24.9. The van der Waals surface area contributed by atoms with E-state index < -0.39 is 6.43 Å². The Balaban J connectivity index is 3.32. The maximum Gasteiger partial charge on any atom is 0.265 e. The first kappa shape index (κ1) is 11.1. The molecule has 0 saturated heterocycles. The lowest BCUT2D eigenvalue weighted by Gasteiger charge is -2.08. The Kier molecular flexibility index (Phi) is 3.88. The van der Waals surface area contributed by atoms with Gasteiger partial charge in [0.25, 0.3) is 6.43 Å². The smallest absolute Gasteiger partial charge is 0.243 e. The maximum absolute atomic E-state index is 12.5. The Morgan fingerprint density at radius 2 is 2.08 bits per heavy atom. The number of hydrogen-bond donors (Lipinski definition) is 0. The Hall–Kier alpha value is 0.0700. The van der Waals surface area contributed by atoms with Crippen molar-refractivity contribution < 1.29 is 8.78 Å². The molecule has 1 nitrogen and oxygen atoms in total. The van der Waals surface area contributed by atoms with Gasteiger partial charge in [-0.05, 0) is 5.56 Å². The molecule has 0 aliphatic heterocycles. The second-order valence-corrected chi connectivity index (χ2v) is 3.53. The van der Waals surface area contributed by atoms with Crippen molar-refractivity contribution in [1.82, 2.24) is 4.98 Å². The highest BCUT2D eigenvalue weighted by molar-refractivity contribution is 9.08. The van der Waals surface area contributed by atoms with E-state index in [-0.39, 0.29) is 21.1 Å². The van der Waals surface area contributed by atoms with Crippen molar-refractivity contribution in [3.05, 3.63) is 27.5 Å². The number of hydrogen-bond acceptors (Lipinski definition) is 1. The third kappa shape index (κ3) is 2.30. The normalized spacial score (nSPS) is 10.9. The van der Waals surface area contributed by atoms with Gasteiger partial charge in [0, 0.05) is 17.1 Å². The van der Waals surface area contributed by atoms with E-state index >= 15 is 0 Å². The zero-order valence-electron chi connectivity index (χ0n) is 6.20. The Labute approximate surface area is 92.2 Å². The van der Waals surface area contributed by atoms with Crippen molar-refractivity contribution in [3.8, 4) is 0 Å². The molecule has 1 aromatic heterocycles. The maximum atomic E-state index is 12.5. The zero-order valence-corrected chi connectivity index (χ0v) is 9.30. The predicted molar refractivity (Wildman–Crippen MR) is 51.8 cm³/mol. The molecule has 1 heterocycles. The molecule has 1 aromatic rings. The lowest BCUT2D eigenvalue weighted by Crippen LogP contribution is -1.96. The van der Waals surface area contributed by atoms with E-state index in [0.717, 1.165) is 0 Å². The summed E-state index contributed by atoms with van der Waals surface area (Å²) in [5.74, 6) is 0. The van der Waals surface area contributed by atoms with Crippen molar-refractivity contribution in [3.63, 3.8) is 0 Å². The molecule has 0 aromatic carbocycles. The van der Waals surface area contributed by atoms with E-state index in [1.165, 1.54) is 6.20 Å². The van der Waals surface area contributed by atoms with Crippen LogP contribution in [0.5, 0.6) is 0 Å². The van der Waals surface area contributed by atoms with Crippen LogP contribution in [0.4, 0.5) is 8.78 Å². The summed E-state index contributed by atoms with van der Waals surface area (Å²) in [5.41, 5.74) is 0.0999. The van der Waals surface area contributed by atoms with Crippen molar-refractivity contribution >= 4 is 39.1 Å². The van der Waals surface area contributed by atoms with Crippen molar-refractivity contribution in [2.45, 2.75) is 11.8 Å². The van der Waals surface area contributed by atoms with Crippen LogP contribution in [-0.4, -0.2) is 4.98 Å². The van der Waals surface area contributed by atoms with Gasteiger partial charge in [0.15, 0.2) is 0 Å². The predicted octanol–water partition coefficient (Wildman–Crippen LogP) is 4.22. The molecule has 0 aliphatic rings. The number of pyridine rings is 1. The van der Waals surface area contributed by atoms with Gasteiger partial charge in [-0.2, -0.15) is 0 Å². The first-order valence-electron chi connectivity index (χ1n) is 3.24. The summed E-state index contributed by atoms with van der Waals surface area (Å²) >= 11 is 14.1. The second kappa shape index (κ2) is 4.53. The molecule has 0 saturated carbocycles. The highest BCUT2D eigenvalue weighted by Crippen LogP contribution is 2.34. The lowest BCUT2D eigenvalue weighted by atomic mass is 10.2. The SMILES string of the molecule is FC(F)c1c(CBr)cnc(Cl)c1Cl. The van der Waals surface area contributed by atoms with Crippen LogP contribution in [0.2, 0.25) is 10.2 Å². The number of nitrogens with zero attached hydrogens (tertiary/aromatic N) is 1. The van der Waals surface area contributed by atoms with E-state index in [0.29, 0.717) is 5.56 Å². The van der Waals surface area contributed by atoms with Gasteiger partial charge in [-0.1, -0.05) is 39.1 Å². The van der Waals surface area contributed by atoms with Crippen LogP contribution in [0.15, 0.2) is 6.20 Å². The standard InChI is InChI=1S/C7H4BrCl2F2N/c8-1-3-2-13-6(10)5(9)4(3)7(11)12/h2,7H,1H2. The first-order valence-corrected chi connectivity index (χ1v) is 5.12. The van der Waals surface area contributed by atoms with E-state index in [2.05, 4.69) is 20.9 Å². The van der Waals surface area contributed by atoms with Gasteiger partial charge >= 0.3 is 0 Å². The molecular weight excluding hydrogens is 287 g/mol. The molecule has 0 amide bonds. The Bertz CT molecular complexity index is 320. The van der Waals surface area contributed by atoms with Crippen LogP contribution in [0, 0.1) is 0 Å². The quantitative estimate of drug-likeness (QED) is 0.587. The minimum atomic E-state index is -2.64. The van der Waals surface area contributed by atoms with E-state index in [1.807, 2.05) is 0 Å². The third-order valence-corrected chi connectivity index (χ3v) is 2.83. The molecular formula is C7H4BrCl2F2N. The molecule has 0 bridgehead atoms. The Morgan fingerprint density at radius 3 is 2.54 bits per heavy atom. The molecule has 72 valence electrons. The van der Waals surface area contributed by atoms with Crippen molar-refractivity contribution in [1.29, 1.82) is 0 Å². The number of aromatic nitrogens is 1. The van der Waals surface area contributed by atoms with E-state index in [9.17, 15) is 8.78 Å². The van der Waals surface area contributed by atoms with Gasteiger partial charge in [-0.3, -0.25) is 0 Å². The third-order valence-electron chi connectivity index (χ3n) is 1.46. The largest absolute Gasteiger partial charge is 0.265 e. The van der Waals surface area contributed by atoms with Gasteiger partial charge < -0.3 is 0 Å². The second-order valence-electron chi connectivity index (χ2n) is 2.24. The minimum absolute atomic E-state index is 0.0957. The van der Waals surface area contributed by atoms with Crippen LogP contribution in [0.1, 0.15) is 17.6 Å². The highest BCUT2D eigenvalue weighted by Gasteiger charge is 2.19. The summed E-state index contributed by atoms with van der Waals surface area (Å²) in [7, 11) is 0. The fraction of sp³-hybridized carbons (Fsp3) is 0.286. The van der Waals surface area contributed by atoms with Crippen LogP contribution < -0.4 is 0 Å². The van der Waals surface area contributed by atoms with Crippen LogP contribution in [0.25, 0.3) is 0 Å². The molecule has 1 rings (SSSR count). The van der Waals surface area contributed by atoms with Crippen molar-refractivity contribution in [2.75, 3.05) is 0 Å². The zero-order chi connectivity index (χ0) is 10.0. The number of halogens is 5. The van der Waals surface area contributed by atoms with Gasteiger partial charge in [-0.15, -0.1) is 0 Å². The first-order chi connectivity index (χ1) is 6.07. The molecule has 0 spiro atoms. The molecule has 0 atom stereocenters. The molecule has 13 heavy (non-hydrogen) atoms. The van der Waals surface area contributed by atoms with E-state index in [1.54, 1.807) is 0 Å². The van der Waals surface area contributed by atoms with Crippen molar-refractivity contribution in [2.24, 2.45) is 0 Å². The van der Waals surface area contributed by atoms with Crippen LogP contribution >= 0.6 is 39.1 Å². The molecule has 0 N–H and O–H groups in total. The molecule has 0 aliphatic carbocycles.